The molecule has 170 valence electrons. The zero-order valence-corrected chi connectivity index (χ0v) is 19.4. The third kappa shape index (κ3) is 4.79. The van der Waals surface area contributed by atoms with Crippen LogP contribution in [-0.4, -0.2) is 31.5 Å². The minimum absolute atomic E-state index is 0.00504. The van der Waals surface area contributed by atoms with Crippen molar-refractivity contribution in [3.05, 3.63) is 65.7 Å². The first-order valence-electron chi connectivity index (χ1n) is 11.3. The number of hydrogen-bond donors (Lipinski definition) is 4. The molecular weight excluding hydrogens is 434 g/mol. The summed E-state index contributed by atoms with van der Waals surface area (Å²) in [7, 11) is 0. The smallest absolute Gasteiger partial charge is 0.223 e. The SMILES string of the molecule is CC1(NCc2ccc(N)cn2)CCCC(Nc2ncc(Cl)c(-c3c[nH]c4ccccc34)n2)C1. The number of nitrogen functional groups attached to an aromatic ring is 1. The van der Waals surface area contributed by atoms with Crippen molar-refractivity contribution >= 4 is 34.1 Å². The Balaban J connectivity index is 1.30. The van der Waals surface area contributed by atoms with Crippen molar-refractivity contribution < 1.29 is 0 Å². The molecule has 8 heteroatoms. The standard InChI is InChI=1S/C25H28ClN7/c1-25(31-13-18-9-8-16(27)12-28-18)10-4-5-17(11-25)32-24-30-15-21(26)23(33-24)20-14-29-22-7-3-2-6-19(20)22/h2-3,6-9,12,14-15,17,29,31H,4-5,10-11,13,27H2,1H3,(H,30,32,33). The van der Waals surface area contributed by atoms with Crippen molar-refractivity contribution in [2.75, 3.05) is 11.1 Å². The molecule has 0 radical (unpaired) electrons. The van der Waals surface area contributed by atoms with Gasteiger partial charge in [-0.1, -0.05) is 29.8 Å². The third-order valence-corrected chi connectivity index (χ3v) is 6.72. The predicted octanol–water partition coefficient (Wildman–Crippen LogP) is 5.16. The Labute approximate surface area is 198 Å². The molecule has 0 bridgehead atoms. The zero-order valence-electron chi connectivity index (χ0n) is 18.6. The van der Waals surface area contributed by atoms with Crippen molar-refractivity contribution in [1.29, 1.82) is 0 Å². The summed E-state index contributed by atoms with van der Waals surface area (Å²) in [4.78, 5) is 17.0. The molecule has 0 amide bonds. The number of benzene rings is 1. The van der Waals surface area contributed by atoms with Crippen molar-refractivity contribution in [3.8, 4) is 11.3 Å². The number of pyridine rings is 1. The van der Waals surface area contributed by atoms with Gasteiger partial charge in [0.1, 0.15) is 0 Å². The number of para-hydroxylation sites is 1. The molecular formula is C25H28ClN7. The van der Waals surface area contributed by atoms with Gasteiger partial charge in [-0.25, -0.2) is 9.97 Å². The Kier molecular flexibility index (Phi) is 5.91. The number of rotatable bonds is 6. The zero-order chi connectivity index (χ0) is 22.8. The van der Waals surface area contributed by atoms with Crippen LogP contribution in [0.2, 0.25) is 5.02 Å². The number of nitrogens with one attached hydrogen (secondary N) is 3. The maximum absolute atomic E-state index is 6.49. The number of nitrogens with two attached hydrogens (primary N) is 1. The lowest BCUT2D eigenvalue weighted by Crippen LogP contribution is -2.48. The molecule has 5 N–H and O–H groups in total. The monoisotopic (exact) mass is 461 g/mol. The molecule has 5 rings (SSSR count). The van der Waals surface area contributed by atoms with E-state index < -0.39 is 0 Å². The number of hydrogen-bond acceptors (Lipinski definition) is 6. The minimum atomic E-state index is 0.00504. The van der Waals surface area contributed by atoms with Crippen LogP contribution in [0.4, 0.5) is 11.6 Å². The average Bonchev–Trinajstić information content (AvgIpc) is 3.24. The van der Waals surface area contributed by atoms with Crippen LogP contribution in [0.1, 0.15) is 38.3 Å². The summed E-state index contributed by atoms with van der Waals surface area (Å²) in [6.07, 6.45) is 9.62. The van der Waals surface area contributed by atoms with E-state index in [1.54, 1.807) is 12.4 Å². The summed E-state index contributed by atoms with van der Waals surface area (Å²) in [5, 5.41) is 8.89. The number of halogens is 1. The molecule has 3 aromatic heterocycles. The minimum Gasteiger partial charge on any atom is -0.397 e. The van der Waals surface area contributed by atoms with Crippen molar-refractivity contribution in [3.63, 3.8) is 0 Å². The highest BCUT2D eigenvalue weighted by Crippen LogP contribution is 2.34. The molecule has 2 atom stereocenters. The molecule has 4 aromatic rings. The number of fused-ring (bicyclic) bond motifs is 1. The Hall–Kier alpha value is -3.16. The van der Waals surface area contributed by atoms with Gasteiger partial charge in [-0.15, -0.1) is 0 Å². The first-order chi connectivity index (χ1) is 16.0. The predicted molar refractivity (Wildman–Crippen MR) is 134 cm³/mol. The number of aromatic amines is 1. The van der Waals surface area contributed by atoms with Gasteiger partial charge in [0.05, 0.1) is 34.5 Å². The van der Waals surface area contributed by atoms with Crippen LogP contribution in [0.15, 0.2) is 55.0 Å². The van der Waals surface area contributed by atoms with E-state index in [2.05, 4.69) is 38.6 Å². The van der Waals surface area contributed by atoms with Crippen LogP contribution in [0.5, 0.6) is 0 Å². The number of aromatic nitrogens is 4. The Morgan fingerprint density at radius 2 is 2.06 bits per heavy atom. The van der Waals surface area contributed by atoms with E-state index >= 15 is 0 Å². The largest absolute Gasteiger partial charge is 0.397 e. The third-order valence-electron chi connectivity index (χ3n) is 6.44. The molecule has 33 heavy (non-hydrogen) atoms. The van der Waals surface area contributed by atoms with Crippen LogP contribution in [-0.2, 0) is 6.54 Å². The van der Waals surface area contributed by atoms with Crippen LogP contribution in [0.3, 0.4) is 0 Å². The van der Waals surface area contributed by atoms with E-state index in [4.69, 9.17) is 22.3 Å². The number of anilines is 2. The van der Waals surface area contributed by atoms with E-state index in [0.717, 1.165) is 53.5 Å². The van der Waals surface area contributed by atoms with Gasteiger partial charge in [0, 0.05) is 40.8 Å². The number of H-pyrrole nitrogens is 1. The lowest BCUT2D eigenvalue weighted by atomic mass is 9.80. The lowest BCUT2D eigenvalue weighted by Gasteiger charge is -2.39. The van der Waals surface area contributed by atoms with Gasteiger partial charge in [0.15, 0.2) is 0 Å². The fraction of sp³-hybridized carbons (Fsp3) is 0.320. The summed E-state index contributed by atoms with van der Waals surface area (Å²) in [6.45, 7) is 2.99. The molecule has 3 heterocycles. The number of nitrogens with zero attached hydrogens (tertiary/aromatic N) is 3. The summed E-state index contributed by atoms with van der Waals surface area (Å²) >= 11 is 6.49. The van der Waals surface area contributed by atoms with E-state index in [0.29, 0.717) is 23.2 Å². The maximum Gasteiger partial charge on any atom is 0.223 e. The second kappa shape index (κ2) is 9.00. The highest BCUT2D eigenvalue weighted by atomic mass is 35.5. The molecule has 1 aromatic carbocycles. The van der Waals surface area contributed by atoms with E-state index in [-0.39, 0.29) is 11.6 Å². The summed E-state index contributed by atoms with van der Waals surface area (Å²) < 4.78 is 0. The topological polar surface area (TPSA) is 105 Å². The quantitative estimate of drug-likeness (QED) is 0.316. The molecule has 2 unspecified atom stereocenters. The fourth-order valence-electron chi connectivity index (χ4n) is 4.69. The van der Waals surface area contributed by atoms with Gasteiger partial charge < -0.3 is 21.4 Å². The Morgan fingerprint density at radius 3 is 2.91 bits per heavy atom. The van der Waals surface area contributed by atoms with Gasteiger partial charge in [-0.05, 0) is 50.8 Å². The van der Waals surface area contributed by atoms with E-state index in [9.17, 15) is 0 Å². The first kappa shape index (κ1) is 21.7. The van der Waals surface area contributed by atoms with Gasteiger partial charge in [-0.3, -0.25) is 4.98 Å². The molecule has 1 aliphatic carbocycles. The summed E-state index contributed by atoms with van der Waals surface area (Å²) in [5.74, 6) is 0.606. The Morgan fingerprint density at radius 1 is 1.18 bits per heavy atom. The van der Waals surface area contributed by atoms with E-state index in [1.807, 2.05) is 36.5 Å². The highest BCUT2D eigenvalue weighted by molar-refractivity contribution is 6.33. The van der Waals surface area contributed by atoms with Gasteiger partial charge >= 0.3 is 0 Å². The van der Waals surface area contributed by atoms with E-state index in [1.165, 1.54) is 0 Å². The normalized spacial score (nSPS) is 20.7. The van der Waals surface area contributed by atoms with Crippen LogP contribution in [0, 0.1) is 0 Å². The van der Waals surface area contributed by atoms with Gasteiger partial charge in [-0.2, -0.15) is 0 Å². The fourth-order valence-corrected chi connectivity index (χ4v) is 4.88. The molecule has 1 saturated carbocycles. The summed E-state index contributed by atoms with van der Waals surface area (Å²) in [6, 6.07) is 12.3. The highest BCUT2D eigenvalue weighted by Gasteiger charge is 2.32. The van der Waals surface area contributed by atoms with Gasteiger partial charge in [0.2, 0.25) is 5.95 Å². The molecule has 1 aliphatic rings. The van der Waals surface area contributed by atoms with Crippen molar-refractivity contribution in [2.24, 2.45) is 0 Å². The molecule has 1 fully saturated rings. The lowest BCUT2D eigenvalue weighted by molar-refractivity contribution is 0.238. The molecule has 0 saturated heterocycles. The van der Waals surface area contributed by atoms with Crippen LogP contribution >= 0.6 is 11.6 Å². The van der Waals surface area contributed by atoms with Gasteiger partial charge in [0.25, 0.3) is 0 Å². The van der Waals surface area contributed by atoms with Crippen molar-refractivity contribution in [1.82, 2.24) is 25.3 Å². The Bertz CT molecular complexity index is 1250. The summed E-state index contributed by atoms with van der Waals surface area (Å²) in [5.41, 5.74) is 10.2. The first-order valence-corrected chi connectivity index (χ1v) is 11.7. The average molecular weight is 462 g/mol. The van der Waals surface area contributed by atoms with Crippen LogP contribution < -0.4 is 16.4 Å². The van der Waals surface area contributed by atoms with Crippen molar-refractivity contribution in [2.45, 2.75) is 50.7 Å². The molecule has 0 spiro atoms. The second-order valence-corrected chi connectivity index (χ2v) is 9.48. The second-order valence-electron chi connectivity index (χ2n) is 9.07. The maximum atomic E-state index is 6.49. The molecule has 0 aliphatic heterocycles. The van der Waals surface area contributed by atoms with Crippen LogP contribution in [0.25, 0.3) is 22.2 Å². The molecule has 7 nitrogen and oxygen atoms in total.